The molecule has 2 heterocycles. The molecule has 4 rings (SSSR count). The number of benzene rings is 2. The highest BCUT2D eigenvalue weighted by Gasteiger charge is 2.30. The minimum absolute atomic E-state index is 0.130. The Labute approximate surface area is 175 Å². The zero-order valence-corrected chi connectivity index (χ0v) is 17.3. The summed E-state index contributed by atoms with van der Waals surface area (Å²) >= 11 is 7.61. The molecule has 1 saturated heterocycles. The van der Waals surface area contributed by atoms with Crippen LogP contribution in [0.4, 0.5) is 0 Å². The van der Waals surface area contributed by atoms with Gasteiger partial charge in [0, 0.05) is 35.1 Å². The summed E-state index contributed by atoms with van der Waals surface area (Å²) in [6.07, 6.45) is 3.46. The second kappa shape index (κ2) is 9.10. The fraction of sp³-hybridized carbons (Fsp3) is 0.409. The van der Waals surface area contributed by atoms with Gasteiger partial charge in [-0.25, -0.2) is 0 Å². The molecule has 0 bridgehead atoms. The van der Waals surface area contributed by atoms with Crippen molar-refractivity contribution in [1.82, 2.24) is 4.90 Å². The van der Waals surface area contributed by atoms with Gasteiger partial charge in [-0.1, -0.05) is 17.7 Å². The molecule has 1 atom stereocenters. The van der Waals surface area contributed by atoms with E-state index in [1.807, 2.05) is 35.2 Å². The molecule has 2 aromatic carbocycles. The maximum Gasteiger partial charge on any atom is 0.223 e. The smallest absolute Gasteiger partial charge is 0.223 e. The topological polar surface area (TPSA) is 38.8 Å². The molecule has 0 aromatic heterocycles. The average molecular weight is 418 g/mol. The van der Waals surface area contributed by atoms with Gasteiger partial charge in [-0.3, -0.25) is 4.79 Å². The van der Waals surface area contributed by atoms with Crippen LogP contribution in [0.15, 0.2) is 47.4 Å². The molecule has 6 heteroatoms. The summed E-state index contributed by atoms with van der Waals surface area (Å²) in [6, 6.07) is 14.0. The van der Waals surface area contributed by atoms with E-state index in [4.69, 9.17) is 21.1 Å². The summed E-state index contributed by atoms with van der Waals surface area (Å²) in [6.45, 7) is 2.18. The van der Waals surface area contributed by atoms with E-state index in [0.29, 0.717) is 19.6 Å². The predicted octanol–water partition coefficient (Wildman–Crippen LogP) is 5.35. The lowest BCUT2D eigenvalue weighted by Crippen LogP contribution is -2.30. The molecule has 0 unspecified atom stereocenters. The van der Waals surface area contributed by atoms with Crippen molar-refractivity contribution in [2.75, 3.05) is 25.5 Å². The number of nitrogens with zero attached hydrogens (tertiary/aromatic N) is 1. The Hall–Kier alpha value is -1.85. The third-order valence-corrected chi connectivity index (χ3v) is 6.39. The number of likely N-dealkylation sites (tertiary alicyclic amines) is 1. The van der Waals surface area contributed by atoms with Crippen molar-refractivity contribution in [3.63, 3.8) is 0 Å². The van der Waals surface area contributed by atoms with Crippen LogP contribution < -0.4 is 9.47 Å². The van der Waals surface area contributed by atoms with Crippen LogP contribution in [-0.4, -0.2) is 36.3 Å². The SMILES string of the molecule is O=C(CCSc1ccc(Cl)cc1)N1CCC[C@H]1c1ccc2c(c1)OCCCO2. The second-order valence-corrected chi connectivity index (χ2v) is 8.66. The molecule has 2 aliphatic rings. The van der Waals surface area contributed by atoms with Crippen LogP contribution >= 0.6 is 23.4 Å². The van der Waals surface area contributed by atoms with Gasteiger partial charge in [-0.15, -0.1) is 11.8 Å². The van der Waals surface area contributed by atoms with Gasteiger partial charge >= 0.3 is 0 Å². The monoisotopic (exact) mass is 417 g/mol. The van der Waals surface area contributed by atoms with Gasteiger partial charge in [0.1, 0.15) is 0 Å². The summed E-state index contributed by atoms with van der Waals surface area (Å²) in [5.41, 5.74) is 1.14. The lowest BCUT2D eigenvalue weighted by molar-refractivity contribution is -0.131. The molecule has 2 aromatic rings. The van der Waals surface area contributed by atoms with Gasteiger partial charge in [0.25, 0.3) is 0 Å². The summed E-state index contributed by atoms with van der Waals surface area (Å²) in [7, 11) is 0. The highest BCUT2D eigenvalue weighted by atomic mass is 35.5. The Bertz CT molecular complexity index is 827. The minimum Gasteiger partial charge on any atom is -0.490 e. The molecule has 28 heavy (non-hydrogen) atoms. The summed E-state index contributed by atoms with van der Waals surface area (Å²) in [4.78, 5) is 16.0. The zero-order valence-electron chi connectivity index (χ0n) is 15.7. The maximum atomic E-state index is 12.9. The van der Waals surface area contributed by atoms with Gasteiger partial charge in [-0.2, -0.15) is 0 Å². The molecule has 0 aliphatic carbocycles. The van der Waals surface area contributed by atoms with Crippen molar-refractivity contribution in [3.05, 3.63) is 53.1 Å². The number of thioether (sulfide) groups is 1. The Kier molecular flexibility index (Phi) is 6.33. The van der Waals surface area contributed by atoms with Crippen LogP contribution in [0, 0.1) is 0 Å². The van der Waals surface area contributed by atoms with Gasteiger partial charge in [-0.05, 0) is 54.8 Å². The lowest BCUT2D eigenvalue weighted by Gasteiger charge is -2.26. The number of rotatable bonds is 5. The van der Waals surface area contributed by atoms with E-state index in [1.165, 1.54) is 0 Å². The van der Waals surface area contributed by atoms with Crippen molar-refractivity contribution in [1.29, 1.82) is 0 Å². The number of ether oxygens (including phenoxy) is 2. The fourth-order valence-electron chi connectivity index (χ4n) is 3.73. The summed E-state index contributed by atoms with van der Waals surface area (Å²) in [5.74, 6) is 2.59. The third kappa shape index (κ3) is 4.58. The molecule has 4 nitrogen and oxygen atoms in total. The van der Waals surface area contributed by atoms with Crippen LogP contribution in [-0.2, 0) is 4.79 Å². The van der Waals surface area contributed by atoms with Crippen molar-refractivity contribution in [3.8, 4) is 11.5 Å². The molecular formula is C22H24ClNO3S. The number of hydrogen-bond donors (Lipinski definition) is 0. The van der Waals surface area contributed by atoms with Crippen molar-refractivity contribution < 1.29 is 14.3 Å². The molecule has 0 radical (unpaired) electrons. The van der Waals surface area contributed by atoms with Crippen LogP contribution in [0.25, 0.3) is 0 Å². The van der Waals surface area contributed by atoms with Crippen LogP contribution in [0.5, 0.6) is 11.5 Å². The highest BCUT2D eigenvalue weighted by molar-refractivity contribution is 7.99. The van der Waals surface area contributed by atoms with E-state index >= 15 is 0 Å². The molecule has 1 amide bonds. The van der Waals surface area contributed by atoms with Gasteiger partial charge < -0.3 is 14.4 Å². The molecular weight excluding hydrogens is 394 g/mol. The first-order chi connectivity index (χ1) is 13.7. The third-order valence-electron chi connectivity index (χ3n) is 5.13. The molecule has 0 N–H and O–H groups in total. The van der Waals surface area contributed by atoms with Crippen molar-refractivity contribution in [2.24, 2.45) is 0 Å². The molecule has 1 fully saturated rings. The fourth-order valence-corrected chi connectivity index (χ4v) is 4.70. The number of hydrogen-bond acceptors (Lipinski definition) is 4. The first-order valence-corrected chi connectivity index (χ1v) is 11.1. The van der Waals surface area contributed by atoms with E-state index in [9.17, 15) is 4.79 Å². The Balaban J connectivity index is 1.38. The number of carbonyl (C=O) groups is 1. The molecule has 0 spiro atoms. The predicted molar refractivity (Wildman–Crippen MR) is 113 cm³/mol. The van der Waals surface area contributed by atoms with E-state index < -0.39 is 0 Å². The highest BCUT2D eigenvalue weighted by Crippen LogP contribution is 2.38. The molecule has 0 saturated carbocycles. The molecule has 148 valence electrons. The van der Waals surface area contributed by atoms with Gasteiger partial charge in [0.15, 0.2) is 11.5 Å². The van der Waals surface area contributed by atoms with Gasteiger partial charge in [0.2, 0.25) is 5.91 Å². The van der Waals surface area contributed by atoms with Crippen molar-refractivity contribution >= 4 is 29.3 Å². The van der Waals surface area contributed by atoms with E-state index in [-0.39, 0.29) is 11.9 Å². The normalized spacial score (nSPS) is 18.8. The second-order valence-electron chi connectivity index (χ2n) is 7.05. The first kappa shape index (κ1) is 19.5. The minimum atomic E-state index is 0.130. The zero-order chi connectivity index (χ0) is 19.3. The quantitative estimate of drug-likeness (QED) is 0.615. The summed E-state index contributed by atoms with van der Waals surface area (Å²) < 4.78 is 11.6. The lowest BCUT2D eigenvalue weighted by atomic mass is 10.0. The van der Waals surface area contributed by atoms with Crippen LogP contribution in [0.2, 0.25) is 5.02 Å². The van der Waals surface area contributed by atoms with Crippen molar-refractivity contribution in [2.45, 2.75) is 36.6 Å². The maximum absolute atomic E-state index is 12.9. The van der Waals surface area contributed by atoms with Crippen LogP contribution in [0.3, 0.4) is 0 Å². The molecule has 2 aliphatic heterocycles. The van der Waals surface area contributed by atoms with E-state index in [1.54, 1.807) is 11.8 Å². The number of halogens is 1. The first-order valence-electron chi connectivity index (χ1n) is 9.78. The number of fused-ring (bicyclic) bond motifs is 1. The standard InChI is InChI=1S/C22H24ClNO3S/c23-17-5-7-18(8-6-17)28-14-10-22(25)24-11-1-3-19(24)16-4-9-20-21(15-16)27-13-2-12-26-20/h4-9,15,19H,1-3,10-14H2/t19-/m0/s1. The van der Waals surface area contributed by atoms with Gasteiger partial charge in [0.05, 0.1) is 19.3 Å². The number of carbonyl (C=O) groups excluding carboxylic acids is 1. The largest absolute Gasteiger partial charge is 0.490 e. The number of amides is 1. The Morgan fingerprint density at radius 1 is 1.07 bits per heavy atom. The Morgan fingerprint density at radius 2 is 1.86 bits per heavy atom. The van der Waals surface area contributed by atoms with E-state index in [2.05, 4.69) is 12.1 Å². The Morgan fingerprint density at radius 3 is 2.68 bits per heavy atom. The van der Waals surface area contributed by atoms with Crippen LogP contribution in [0.1, 0.15) is 37.3 Å². The average Bonchev–Trinajstić information content (AvgIpc) is 3.08. The summed E-state index contributed by atoms with van der Waals surface area (Å²) in [5, 5.41) is 0.732. The van der Waals surface area contributed by atoms with E-state index in [0.717, 1.165) is 58.5 Å².